The molecular formula is C18H19N3O4S. The molecule has 2 aromatic rings. The first-order valence-electron chi connectivity index (χ1n) is 7.96. The third-order valence-electron chi connectivity index (χ3n) is 4.21. The van der Waals surface area contributed by atoms with Crippen LogP contribution in [0.25, 0.3) is 0 Å². The molecule has 0 spiro atoms. The lowest BCUT2D eigenvalue weighted by atomic mass is 10.1. The summed E-state index contributed by atoms with van der Waals surface area (Å²) in [4.78, 5) is 26.4. The van der Waals surface area contributed by atoms with Crippen LogP contribution in [0, 0.1) is 6.92 Å². The van der Waals surface area contributed by atoms with E-state index in [0.717, 1.165) is 4.31 Å². The summed E-state index contributed by atoms with van der Waals surface area (Å²) < 4.78 is 26.1. The fourth-order valence-corrected chi connectivity index (χ4v) is 3.92. The van der Waals surface area contributed by atoms with Crippen LogP contribution in [0.5, 0.6) is 0 Å². The molecule has 0 bridgehead atoms. The van der Waals surface area contributed by atoms with Crippen molar-refractivity contribution in [2.24, 2.45) is 0 Å². The minimum absolute atomic E-state index is 0.0723. The average molecular weight is 373 g/mol. The summed E-state index contributed by atoms with van der Waals surface area (Å²) in [5, 5.41) is 2.72. The second-order valence-corrected chi connectivity index (χ2v) is 8.34. The predicted octanol–water partition coefficient (Wildman–Crippen LogP) is 1.84. The van der Waals surface area contributed by atoms with Crippen LogP contribution in [0.3, 0.4) is 0 Å². The predicted molar refractivity (Wildman–Crippen MR) is 98.8 cm³/mol. The van der Waals surface area contributed by atoms with Gasteiger partial charge in [0.05, 0.1) is 16.3 Å². The maximum Gasteiger partial charge on any atom is 0.258 e. The third-order valence-corrected chi connectivity index (χ3v) is 6.17. The largest absolute Gasteiger partial charge is 0.323 e. The van der Waals surface area contributed by atoms with E-state index in [1.54, 1.807) is 43.3 Å². The molecule has 3 rings (SSSR count). The highest BCUT2D eigenvalue weighted by molar-refractivity contribution is 7.89. The Bertz CT molecular complexity index is 999. The van der Waals surface area contributed by atoms with E-state index < -0.39 is 15.9 Å². The molecule has 8 heteroatoms. The minimum Gasteiger partial charge on any atom is -0.323 e. The molecule has 2 amide bonds. The van der Waals surface area contributed by atoms with Crippen molar-refractivity contribution in [2.45, 2.75) is 11.8 Å². The fourth-order valence-electron chi connectivity index (χ4n) is 2.78. The number of hydrogen-bond acceptors (Lipinski definition) is 4. The van der Waals surface area contributed by atoms with Crippen molar-refractivity contribution in [1.82, 2.24) is 4.31 Å². The number of aryl methyl sites for hydroxylation is 1. The van der Waals surface area contributed by atoms with E-state index in [0.29, 0.717) is 16.9 Å². The smallest absolute Gasteiger partial charge is 0.258 e. The van der Waals surface area contributed by atoms with Gasteiger partial charge in [-0.05, 0) is 36.8 Å². The van der Waals surface area contributed by atoms with Crippen molar-refractivity contribution in [2.75, 3.05) is 30.9 Å². The van der Waals surface area contributed by atoms with Crippen LogP contribution in [0.2, 0.25) is 0 Å². The number of anilines is 2. The summed E-state index contributed by atoms with van der Waals surface area (Å²) in [6, 6.07) is 11.5. The molecule has 1 aliphatic rings. The van der Waals surface area contributed by atoms with Gasteiger partial charge in [-0.25, -0.2) is 12.7 Å². The number of sulfonamides is 1. The maximum absolute atomic E-state index is 13.0. The summed E-state index contributed by atoms with van der Waals surface area (Å²) in [6.45, 7) is 1.55. The molecule has 0 fully saturated rings. The molecule has 0 unspecified atom stereocenters. The van der Waals surface area contributed by atoms with Gasteiger partial charge in [0, 0.05) is 19.7 Å². The van der Waals surface area contributed by atoms with Crippen molar-refractivity contribution in [1.29, 1.82) is 0 Å². The highest BCUT2D eigenvalue weighted by Gasteiger charge is 2.29. The third kappa shape index (κ3) is 3.09. The van der Waals surface area contributed by atoms with Crippen molar-refractivity contribution in [3.63, 3.8) is 0 Å². The van der Waals surface area contributed by atoms with E-state index in [1.807, 2.05) is 0 Å². The fraction of sp³-hybridized carbons (Fsp3) is 0.222. The first-order chi connectivity index (χ1) is 12.2. The molecule has 1 heterocycles. The standard InChI is InChI=1S/C18H19N3O4S/c1-12-8-9-13(10-16(12)26(24,25)20(2)3)18(23)21-11-17(22)19-14-6-4-5-7-15(14)21/h4-10H,11H2,1-3H3,(H,19,22). The Morgan fingerprint density at radius 1 is 1.15 bits per heavy atom. The van der Waals surface area contributed by atoms with Gasteiger partial charge >= 0.3 is 0 Å². The molecular weight excluding hydrogens is 354 g/mol. The number of fused-ring (bicyclic) bond motifs is 1. The normalized spacial score (nSPS) is 14.2. The SMILES string of the molecule is Cc1ccc(C(=O)N2CC(=O)Nc3ccccc32)cc1S(=O)(=O)N(C)C. The van der Waals surface area contributed by atoms with Gasteiger partial charge in [0.1, 0.15) is 6.54 Å². The van der Waals surface area contributed by atoms with Crippen LogP contribution in [-0.4, -0.2) is 45.2 Å². The topological polar surface area (TPSA) is 86.8 Å². The van der Waals surface area contributed by atoms with Gasteiger partial charge in [-0.15, -0.1) is 0 Å². The molecule has 0 aliphatic carbocycles. The van der Waals surface area contributed by atoms with Gasteiger partial charge in [0.15, 0.2) is 0 Å². The molecule has 136 valence electrons. The van der Waals surface area contributed by atoms with E-state index in [-0.39, 0.29) is 22.9 Å². The van der Waals surface area contributed by atoms with E-state index >= 15 is 0 Å². The number of carbonyl (C=O) groups is 2. The summed E-state index contributed by atoms with van der Waals surface area (Å²) in [5.74, 6) is -0.729. The lowest BCUT2D eigenvalue weighted by molar-refractivity contribution is -0.115. The van der Waals surface area contributed by atoms with Crippen LogP contribution in [0.15, 0.2) is 47.4 Å². The summed E-state index contributed by atoms with van der Waals surface area (Å²) in [5.41, 5.74) is 1.88. The molecule has 0 radical (unpaired) electrons. The van der Waals surface area contributed by atoms with E-state index in [1.165, 1.54) is 25.1 Å². The zero-order valence-corrected chi connectivity index (χ0v) is 15.5. The number of benzene rings is 2. The van der Waals surface area contributed by atoms with E-state index in [9.17, 15) is 18.0 Å². The quantitative estimate of drug-likeness (QED) is 0.889. The van der Waals surface area contributed by atoms with Crippen molar-refractivity contribution >= 4 is 33.2 Å². The zero-order chi connectivity index (χ0) is 19.1. The number of rotatable bonds is 3. The molecule has 26 heavy (non-hydrogen) atoms. The lowest BCUT2D eigenvalue weighted by Gasteiger charge is -2.29. The second kappa shape index (κ2) is 6.54. The average Bonchev–Trinajstić information content (AvgIpc) is 2.60. The first-order valence-corrected chi connectivity index (χ1v) is 9.40. The Hall–Kier alpha value is -2.71. The Kier molecular flexibility index (Phi) is 4.55. The molecule has 0 aromatic heterocycles. The second-order valence-electron chi connectivity index (χ2n) is 6.22. The van der Waals surface area contributed by atoms with Gasteiger partial charge in [0.2, 0.25) is 15.9 Å². The van der Waals surface area contributed by atoms with Gasteiger partial charge < -0.3 is 5.32 Å². The van der Waals surface area contributed by atoms with E-state index in [2.05, 4.69) is 5.32 Å². The van der Waals surface area contributed by atoms with Crippen LogP contribution in [0.1, 0.15) is 15.9 Å². The molecule has 2 aromatic carbocycles. The summed E-state index contributed by atoms with van der Waals surface area (Å²) >= 11 is 0. The number of nitrogens with zero attached hydrogens (tertiary/aromatic N) is 2. The van der Waals surface area contributed by atoms with E-state index in [4.69, 9.17) is 0 Å². The summed E-state index contributed by atoms with van der Waals surface area (Å²) in [6.07, 6.45) is 0. The monoisotopic (exact) mass is 373 g/mol. The first kappa shape index (κ1) is 18.1. The van der Waals surface area contributed by atoms with Crippen LogP contribution in [-0.2, 0) is 14.8 Å². The highest BCUT2D eigenvalue weighted by Crippen LogP contribution is 2.30. The van der Waals surface area contributed by atoms with Crippen LogP contribution >= 0.6 is 0 Å². The Morgan fingerprint density at radius 2 is 1.85 bits per heavy atom. The number of carbonyl (C=O) groups excluding carboxylic acids is 2. The molecule has 1 N–H and O–H groups in total. The molecule has 0 saturated heterocycles. The zero-order valence-electron chi connectivity index (χ0n) is 14.7. The summed E-state index contributed by atoms with van der Waals surface area (Å²) in [7, 11) is -0.804. The van der Waals surface area contributed by atoms with Crippen molar-refractivity contribution in [3.8, 4) is 0 Å². The maximum atomic E-state index is 13.0. The van der Waals surface area contributed by atoms with Gasteiger partial charge in [-0.3, -0.25) is 14.5 Å². The number of nitrogens with one attached hydrogen (secondary N) is 1. The number of amides is 2. The van der Waals surface area contributed by atoms with Crippen LogP contribution in [0.4, 0.5) is 11.4 Å². The van der Waals surface area contributed by atoms with Crippen LogP contribution < -0.4 is 10.2 Å². The Balaban J connectivity index is 2.06. The number of hydrogen-bond donors (Lipinski definition) is 1. The van der Waals surface area contributed by atoms with Gasteiger partial charge in [-0.2, -0.15) is 0 Å². The van der Waals surface area contributed by atoms with Gasteiger partial charge in [-0.1, -0.05) is 18.2 Å². The Morgan fingerprint density at radius 3 is 2.54 bits per heavy atom. The highest BCUT2D eigenvalue weighted by atomic mass is 32.2. The molecule has 0 saturated carbocycles. The molecule has 1 aliphatic heterocycles. The lowest BCUT2D eigenvalue weighted by Crippen LogP contribution is -2.42. The molecule has 0 atom stereocenters. The Labute approximate surface area is 152 Å². The number of para-hydroxylation sites is 2. The minimum atomic E-state index is -3.68. The van der Waals surface area contributed by atoms with Crippen molar-refractivity contribution < 1.29 is 18.0 Å². The van der Waals surface area contributed by atoms with Crippen molar-refractivity contribution in [3.05, 3.63) is 53.6 Å². The molecule has 7 nitrogen and oxygen atoms in total. The van der Waals surface area contributed by atoms with Gasteiger partial charge in [0.25, 0.3) is 5.91 Å².